The van der Waals surface area contributed by atoms with Crippen LogP contribution < -0.4 is 0 Å². The van der Waals surface area contributed by atoms with E-state index in [-0.39, 0.29) is 11.0 Å². The van der Waals surface area contributed by atoms with Crippen LogP contribution in [0.1, 0.15) is 28.7 Å². The van der Waals surface area contributed by atoms with E-state index in [1.54, 1.807) is 6.92 Å². The van der Waals surface area contributed by atoms with Crippen LogP contribution in [-0.2, 0) is 0 Å². The Bertz CT molecular complexity index is 548. The molecule has 0 radical (unpaired) electrons. The summed E-state index contributed by atoms with van der Waals surface area (Å²) in [5.41, 5.74) is 1.84. The molecule has 1 aromatic carbocycles. The molecule has 18 heavy (non-hydrogen) atoms. The molecule has 0 saturated heterocycles. The van der Waals surface area contributed by atoms with Crippen LogP contribution >= 0.6 is 11.8 Å². The number of carbonyl (C=O) groups excluding carboxylic acids is 1. The molecular formula is C13H14N2O2S. The average molecular weight is 262 g/mol. The van der Waals surface area contributed by atoms with Crippen LogP contribution in [0.25, 0.3) is 0 Å². The second-order valence-corrected chi connectivity index (χ2v) is 5.37. The average Bonchev–Trinajstić information content (AvgIpc) is 2.75. The van der Waals surface area contributed by atoms with E-state index in [4.69, 9.17) is 4.42 Å². The minimum atomic E-state index is -0.243. The zero-order valence-corrected chi connectivity index (χ0v) is 11.3. The molecule has 0 aliphatic rings. The van der Waals surface area contributed by atoms with Gasteiger partial charge in [-0.1, -0.05) is 41.6 Å². The number of nitrogens with zero attached hydrogens (tertiary/aromatic N) is 2. The van der Waals surface area contributed by atoms with Gasteiger partial charge in [0.15, 0.2) is 5.78 Å². The highest BCUT2D eigenvalue weighted by molar-refractivity contribution is 8.00. The van der Waals surface area contributed by atoms with Crippen LogP contribution in [0.4, 0.5) is 0 Å². The highest BCUT2D eigenvalue weighted by Gasteiger charge is 2.19. The molecule has 5 heteroatoms. The lowest BCUT2D eigenvalue weighted by Gasteiger charge is -2.07. The van der Waals surface area contributed by atoms with Crippen molar-refractivity contribution < 1.29 is 9.21 Å². The van der Waals surface area contributed by atoms with Crippen molar-refractivity contribution in [3.63, 3.8) is 0 Å². The fraction of sp³-hybridized carbons (Fsp3) is 0.308. The largest absolute Gasteiger partial charge is 0.416 e. The molecule has 0 N–H and O–H groups in total. The minimum Gasteiger partial charge on any atom is -0.416 e. The number of Topliss-reactive ketones (excluding diaryl/α,β-unsaturated/α-hetero) is 1. The summed E-state index contributed by atoms with van der Waals surface area (Å²) >= 11 is 1.28. The number of aryl methyl sites for hydroxylation is 2. The molecule has 1 atom stereocenters. The Morgan fingerprint density at radius 3 is 2.44 bits per heavy atom. The van der Waals surface area contributed by atoms with Crippen molar-refractivity contribution in [2.45, 2.75) is 31.2 Å². The van der Waals surface area contributed by atoms with Crippen LogP contribution in [0.15, 0.2) is 33.9 Å². The van der Waals surface area contributed by atoms with E-state index < -0.39 is 0 Å². The fourth-order valence-corrected chi connectivity index (χ4v) is 2.29. The van der Waals surface area contributed by atoms with Crippen molar-refractivity contribution in [1.82, 2.24) is 10.2 Å². The maximum atomic E-state index is 12.2. The first-order chi connectivity index (χ1) is 8.56. The molecule has 2 rings (SSSR count). The Morgan fingerprint density at radius 1 is 1.22 bits per heavy atom. The lowest BCUT2D eigenvalue weighted by Crippen LogP contribution is -2.13. The van der Waals surface area contributed by atoms with Crippen molar-refractivity contribution in [3.8, 4) is 0 Å². The molecule has 0 bridgehead atoms. The SMILES string of the molecule is Cc1ccc(C(=O)[C@@H](C)Sc2nnc(C)o2)cc1. The molecule has 1 heterocycles. The second-order valence-electron chi connectivity index (χ2n) is 4.08. The van der Waals surface area contributed by atoms with Gasteiger partial charge in [0.1, 0.15) is 0 Å². The molecule has 1 aromatic heterocycles. The lowest BCUT2D eigenvalue weighted by molar-refractivity contribution is 0.0993. The molecule has 0 aliphatic carbocycles. The van der Waals surface area contributed by atoms with Gasteiger partial charge in [-0.3, -0.25) is 4.79 Å². The van der Waals surface area contributed by atoms with Gasteiger partial charge in [-0.25, -0.2) is 0 Å². The summed E-state index contributed by atoms with van der Waals surface area (Å²) in [5.74, 6) is 0.573. The predicted molar refractivity (Wildman–Crippen MR) is 69.9 cm³/mol. The number of hydrogen-bond donors (Lipinski definition) is 0. The van der Waals surface area contributed by atoms with E-state index in [9.17, 15) is 4.79 Å². The molecule has 0 spiro atoms. The smallest absolute Gasteiger partial charge is 0.277 e. The molecule has 0 fully saturated rings. The Balaban J connectivity index is 2.07. The van der Waals surface area contributed by atoms with Gasteiger partial charge in [0.25, 0.3) is 5.22 Å². The van der Waals surface area contributed by atoms with E-state index in [0.29, 0.717) is 16.7 Å². The molecule has 2 aromatic rings. The quantitative estimate of drug-likeness (QED) is 0.626. The summed E-state index contributed by atoms with van der Waals surface area (Å²) < 4.78 is 5.25. The molecule has 4 nitrogen and oxygen atoms in total. The van der Waals surface area contributed by atoms with Gasteiger partial charge >= 0.3 is 0 Å². The first kappa shape index (κ1) is 12.8. The number of carbonyl (C=O) groups is 1. The fourth-order valence-electron chi connectivity index (χ4n) is 1.48. The molecule has 0 aliphatic heterocycles. The summed E-state index contributed by atoms with van der Waals surface area (Å²) in [5, 5.41) is 7.79. The van der Waals surface area contributed by atoms with Gasteiger partial charge in [-0.2, -0.15) is 0 Å². The first-order valence-electron chi connectivity index (χ1n) is 5.64. The lowest BCUT2D eigenvalue weighted by atomic mass is 10.1. The Hall–Kier alpha value is -1.62. The summed E-state index contributed by atoms with van der Waals surface area (Å²) in [6.07, 6.45) is 0. The maximum absolute atomic E-state index is 12.2. The summed E-state index contributed by atoms with van der Waals surface area (Å²) in [6, 6.07) is 7.55. The minimum absolute atomic E-state index is 0.0656. The third-order valence-electron chi connectivity index (χ3n) is 2.49. The van der Waals surface area contributed by atoms with Crippen LogP contribution in [0.3, 0.4) is 0 Å². The van der Waals surface area contributed by atoms with Crippen LogP contribution in [0.5, 0.6) is 0 Å². The van der Waals surface area contributed by atoms with E-state index in [1.807, 2.05) is 38.1 Å². The highest BCUT2D eigenvalue weighted by atomic mass is 32.2. The van der Waals surface area contributed by atoms with Gasteiger partial charge in [-0.15, -0.1) is 10.2 Å². The zero-order valence-electron chi connectivity index (χ0n) is 10.5. The van der Waals surface area contributed by atoms with E-state index in [2.05, 4.69) is 10.2 Å². The topological polar surface area (TPSA) is 56.0 Å². The third kappa shape index (κ3) is 2.98. The standard InChI is InChI=1S/C13H14N2O2S/c1-8-4-6-11(7-5-8)12(16)9(2)18-13-15-14-10(3)17-13/h4-7,9H,1-3H3/t9-/m1/s1. The summed E-state index contributed by atoms with van der Waals surface area (Å²) in [4.78, 5) is 12.2. The molecule has 94 valence electrons. The summed E-state index contributed by atoms with van der Waals surface area (Å²) in [6.45, 7) is 5.56. The zero-order chi connectivity index (χ0) is 13.1. The number of rotatable bonds is 4. The molecular weight excluding hydrogens is 248 g/mol. The van der Waals surface area contributed by atoms with Gasteiger partial charge in [0, 0.05) is 12.5 Å². The van der Waals surface area contributed by atoms with Crippen molar-refractivity contribution >= 4 is 17.5 Å². The number of hydrogen-bond acceptors (Lipinski definition) is 5. The van der Waals surface area contributed by atoms with Gasteiger partial charge in [0.2, 0.25) is 5.89 Å². The Labute approximate surface area is 110 Å². The van der Waals surface area contributed by atoms with E-state index in [0.717, 1.165) is 5.56 Å². The van der Waals surface area contributed by atoms with Crippen molar-refractivity contribution in [3.05, 3.63) is 41.3 Å². The number of thioether (sulfide) groups is 1. The summed E-state index contributed by atoms with van der Waals surface area (Å²) in [7, 11) is 0. The Morgan fingerprint density at radius 2 is 1.89 bits per heavy atom. The number of aromatic nitrogens is 2. The van der Waals surface area contributed by atoms with Crippen LogP contribution in [0, 0.1) is 13.8 Å². The van der Waals surface area contributed by atoms with E-state index >= 15 is 0 Å². The maximum Gasteiger partial charge on any atom is 0.277 e. The van der Waals surface area contributed by atoms with E-state index in [1.165, 1.54) is 11.8 Å². The molecule has 0 unspecified atom stereocenters. The van der Waals surface area contributed by atoms with Crippen molar-refractivity contribution in [2.75, 3.05) is 0 Å². The van der Waals surface area contributed by atoms with Crippen molar-refractivity contribution in [1.29, 1.82) is 0 Å². The number of ketones is 1. The van der Waals surface area contributed by atoms with Gasteiger partial charge in [0.05, 0.1) is 5.25 Å². The first-order valence-corrected chi connectivity index (χ1v) is 6.52. The molecule has 0 saturated carbocycles. The predicted octanol–water partition coefficient (Wildman–Crippen LogP) is 3.05. The van der Waals surface area contributed by atoms with Crippen LogP contribution in [0.2, 0.25) is 0 Å². The number of benzene rings is 1. The third-order valence-corrected chi connectivity index (χ3v) is 3.42. The van der Waals surface area contributed by atoms with Crippen molar-refractivity contribution in [2.24, 2.45) is 0 Å². The van der Waals surface area contributed by atoms with Gasteiger partial charge in [-0.05, 0) is 13.8 Å². The van der Waals surface area contributed by atoms with Gasteiger partial charge < -0.3 is 4.42 Å². The molecule has 0 amide bonds. The second kappa shape index (κ2) is 5.35. The highest BCUT2D eigenvalue weighted by Crippen LogP contribution is 2.24. The Kier molecular flexibility index (Phi) is 3.81. The van der Waals surface area contributed by atoms with Crippen LogP contribution in [-0.4, -0.2) is 21.2 Å². The normalized spacial score (nSPS) is 12.4. The monoisotopic (exact) mass is 262 g/mol.